The molecule has 1 saturated heterocycles. The second kappa shape index (κ2) is 5.81. The molecule has 1 aromatic rings. The van der Waals surface area contributed by atoms with E-state index in [0.717, 1.165) is 0 Å². The Kier molecular flexibility index (Phi) is 4.12. The Morgan fingerprint density at radius 2 is 2.20 bits per heavy atom. The highest BCUT2D eigenvalue weighted by Gasteiger charge is 2.31. The lowest BCUT2D eigenvalue weighted by atomic mass is 10.2. The number of nitrogens with one attached hydrogen (secondary N) is 2. The molecule has 3 amide bonds. The highest BCUT2D eigenvalue weighted by Crippen LogP contribution is 2.16. The number of hydrogen-bond donors (Lipinski definition) is 3. The molecular weight excluding hydrogens is 258 g/mol. The summed E-state index contributed by atoms with van der Waals surface area (Å²) < 4.78 is 0. The summed E-state index contributed by atoms with van der Waals surface area (Å²) in [7, 11) is 0. The first-order chi connectivity index (χ1) is 9.45. The molecule has 1 fully saturated rings. The average Bonchev–Trinajstić information content (AvgIpc) is 2.70. The van der Waals surface area contributed by atoms with Gasteiger partial charge in [-0.25, -0.2) is 4.79 Å². The number of benzene rings is 1. The molecule has 0 bridgehead atoms. The van der Waals surface area contributed by atoms with Gasteiger partial charge in [0.05, 0.1) is 6.04 Å². The maximum absolute atomic E-state index is 11.8. The van der Waals surface area contributed by atoms with Crippen LogP contribution in [-0.2, 0) is 4.79 Å². The third-order valence-corrected chi connectivity index (χ3v) is 3.22. The molecule has 1 aromatic carbocycles. The van der Waals surface area contributed by atoms with E-state index >= 15 is 0 Å². The van der Waals surface area contributed by atoms with E-state index in [4.69, 9.17) is 0 Å². The van der Waals surface area contributed by atoms with Gasteiger partial charge >= 0.3 is 6.03 Å². The Balaban J connectivity index is 1.88. The summed E-state index contributed by atoms with van der Waals surface area (Å²) in [4.78, 5) is 25.3. The molecule has 20 heavy (non-hydrogen) atoms. The van der Waals surface area contributed by atoms with Gasteiger partial charge in [0.15, 0.2) is 0 Å². The van der Waals surface area contributed by atoms with Crippen molar-refractivity contribution in [3.8, 4) is 5.75 Å². The maximum atomic E-state index is 11.8. The van der Waals surface area contributed by atoms with Gasteiger partial charge in [0.1, 0.15) is 5.75 Å². The molecule has 0 aliphatic carbocycles. The Morgan fingerprint density at radius 3 is 2.80 bits per heavy atom. The molecule has 0 spiro atoms. The third kappa shape index (κ3) is 3.40. The van der Waals surface area contributed by atoms with Crippen molar-refractivity contribution in [2.24, 2.45) is 0 Å². The zero-order valence-corrected chi connectivity index (χ0v) is 11.6. The van der Waals surface area contributed by atoms with E-state index in [9.17, 15) is 14.7 Å². The van der Waals surface area contributed by atoms with E-state index in [2.05, 4.69) is 10.6 Å². The lowest BCUT2D eigenvalue weighted by Gasteiger charge is -2.21. The Morgan fingerprint density at radius 1 is 1.45 bits per heavy atom. The number of urea groups is 1. The molecule has 1 atom stereocenters. The van der Waals surface area contributed by atoms with Crippen LogP contribution in [0, 0.1) is 0 Å². The molecule has 0 aromatic heterocycles. The van der Waals surface area contributed by atoms with E-state index in [1.807, 2.05) is 13.8 Å². The first-order valence-corrected chi connectivity index (χ1v) is 6.61. The lowest BCUT2D eigenvalue weighted by Crippen LogP contribution is -2.40. The summed E-state index contributed by atoms with van der Waals surface area (Å²) >= 11 is 0. The van der Waals surface area contributed by atoms with E-state index in [-0.39, 0.29) is 29.8 Å². The summed E-state index contributed by atoms with van der Waals surface area (Å²) in [6, 6.07) is 5.90. The largest absolute Gasteiger partial charge is 0.508 e. The topological polar surface area (TPSA) is 81.7 Å². The number of carbonyl (C=O) groups excluding carboxylic acids is 2. The van der Waals surface area contributed by atoms with Gasteiger partial charge in [-0.3, -0.25) is 4.79 Å². The molecule has 6 heteroatoms. The number of rotatable bonds is 3. The molecule has 6 nitrogen and oxygen atoms in total. The predicted molar refractivity (Wildman–Crippen MR) is 75.5 cm³/mol. The van der Waals surface area contributed by atoms with Gasteiger partial charge < -0.3 is 20.6 Å². The number of phenolic OH excluding ortho intramolecular Hbond substituents is 1. The number of carbonyl (C=O) groups is 2. The molecule has 0 radical (unpaired) electrons. The number of amides is 3. The molecule has 3 N–H and O–H groups in total. The highest BCUT2D eigenvalue weighted by molar-refractivity contribution is 5.90. The van der Waals surface area contributed by atoms with Crippen LogP contribution in [0.4, 0.5) is 10.5 Å². The summed E-state index contributed by atoms with van der Waals surface area (Å²) in [6.45, 7) is 4.43. The van der Waals surface area contributed by atoms with Crippen molar-refractivity contribution in [2.45, 2.75) is 32.4 Å². The Labute approximate surface area is 117 Å². The first-order valence-electron chi connectivity index (χ1n) is 6.61. The smallest absolute Gasteiger partial charge is 0.319 e. The van der Waals surface area contributed by atoms with Crippen LogP contribution in [0.25, 0.3) is 0 Å². The van der Waals surface area contributed by atoms with E-state index in [1.54, 1.807) is 17.0 Å². The van der Waals surface area contributed by atoms with Crippen molar-refractivity contribution in [2.75, 3.05) is 11.9 Å². The van der Waals surface area contributed by atoms with Crippen LogP contribution in [-0.4, -0.2) is 40.6 Å². The summed E-state index contributed by atoms with van der Waals surface area (Å²) in [6.07, 6.45) is 0.325. The van der Waals surface area contributed by atoms with Gasteiger partial charge in [-0.05, 0) is 26.0 Å². The highest BCUT2D eigenvalue weighted by atomic mass is 16.3. The van der Waals surface area contributed by atoms with E-state index in [0.29, 0.717) is 18.7 Å². The third-order valence-electron chi connectivity index (χ3n) is 3.22. The Hall–Kier alpha value is -2.24. The van der Waals surface area contributed by atoms with Crippen molar-refractivity contribution >= 4 is 17.6 Å². The minimum Gasteiger partial charge on any atom is -0.508 e. The van der Waals surface area contributed by atoms with Crippen molar-refractivity contribution in [1.82, 2.24) is 10.2 Å². The van der Waals surface area contributed by atoms with Gasteiger partial charge in [-0.15, -0.1) is 0 Å². The van der Waals surface area contributed by atoms with Crippen LogP contribution in [0.3, 0.4) is 0 Å². The Bertz CT molecular complexity index is 516. The summed E-state index contributed by atoms with van der Waals surface area (Å²) in [5, 5.41) is 14.7. The molecule has 2 rings (SSSR count). The second-order valence-electron chi connectivity index (χ2n) is 5.19. The van der Waals surface area contributed by atoms with Crippen LogP contribution in [0.1, 0.15) is 20.3 Å². The fraction of sp³-hybridized carbons (Fsp3) is 0.429. The maximum Gasteiger partial charge on any atom is 0.319 e. The fourth-order valence-corrected chi connectivity index (χ4v) is 2.26. The molecule has 0 saturated carbocycles. The summed E-state index contributed by atoms with van der Waals surface area (Å²) in [5.41, 5.74) is 0.507. The average molecular weight is 277 g/mol. The first kappa shape index (κ1) is 14.2. The minimum atomic E-state index is -0.376. The van der Waals surface area contributed by atoms with Crippen LogP contribution in [0.2, 0.25) is 0 Å². The SMILES string of the molecule is CC(C)N1CC(NC(=O)Nc2cccc(O)c2)CC1=O. The van der Waals surface area contributed by atoms with Crippen LogP contribution in [0.15, 0.2) is 24.3 Å². The van der Waals surface area contributed by atoms with Crippen LogP contribution >= 0.6 is 0 Å². The minimum absolute atomic E-state index is 0.0580. The molecule has 1 aliphatic rings. The zero-order valence-electron chi connectivity index (χ0n) is 11.6. The van der Waals surface area contributed by atoms with Crippen LogP contribution in [0.5, 0.6) is 5.75 Å². The molecule has 1 aliphatic heterocycles. The van der Waals surface area contributed by atoms with Crippen molar-refractivity contribution in [3.05, 3.63) is 24.3 Å². The second-order valence-corrected chi connectivity index (χ2v) is 5.19. The van der Waals surface area contributed by atoms with Gasteiger partial charge in [0, 0.05) is 30.8 Å². The van der Waals surface area contributed by atoms with Gasteiger partial charge in [-0.1, -0.05) is 6.07 Å². The quantitative estimate of drug-likeness (QED) is 0.783. The number of nitrogens with zero attached hydrogens (tertiary/aromatic N) is 1. The standard InChI is InChI=1S/C14H19N3O3/c1-9(2)17-8-11(7-13(17)19)16-14(20)15-10-4-3-5-12(18)6-10/h3-6,9,11,18H,7-8H2,1-2H3,(H2,15,16,20). The number of aromatic hydroxyl groups is 1. The zero-order chi connectivity index (χ0) is 14.7. The van der Waals surface area contributed by atoms with Gasteiger partial charge in [0.2, 0.25) is 5.91 Å². The molecular formula is C14H19N3O3. The van der Waals surface area contributed by atoms with Crippen molar-refractivity contribution in [1.29, 1.82) is 0 Å². The van der Waals surface area contributed by atoms with E-state index < -0.39 is 0 Å². The van der Waals surface area contributed by atoms with Crippen LogP contribution < -0.4 is 10.6 Å². The number of phenols is 1. The molecule has 1 unspecified atom stereocenters. The number of hydrogen-bond acceptors (Lipinski definition) is 3. The fourth-order valence-electron chi connectivity index (χ4n) is 2.26. The normalized spacial score (nSPS) is 18.4. The van der Waals surface area contributed by atoms with E-state index in [1.165, 1.54) is 12.1 Å². The van der Waals surface area contributed by atoms with Gasteiger partial charge in [0.25, 0.3) is 0 Å². The monoisotopic (exact) mass is 277 g/mol. The number of likely N-dealkylation sites (tertiary alicyclic amines) is 1. The number of anilines is 1. The molecule has 1 heterocycles. The van der Waals surface area contributed by atoms with Crippen molar-refractivity contribution < 1.29 is 14.7 Å². The summed E-state index contributed by atoms with van der Waals surface area (Å²) in [5.74, 6) is 0.146. The lowest BCUT2D eigenvalue weighted by molar-refractivity contribution is -0.129. The van der Waals surface area contributed by atoms with Crippen molar-refractivity contribution in [3.63, 3.8) is 0 Å². The predicted octanol–water partition coefficient (Wildman–Crippen LogP) is 1.52. The van der Waals surface area contributed by atoms with Gasteiger partial charge in [-0.2, -0.15) is 0 Å². The molecule has 108 valence electrons.